The first kappa shape index (κ1) is 26.6. The van der Waals surface area contributed by atoms with Crippen LogP contribution < -0.4 is 4.74 Å². The van der Waals surface area contributed by atoms with Crippen LogP contribution in [0.2, 0.25) is 0 Å². The molecule has 0 radical (unpaired) electrons. The van der Waals surface area contributed by atoms with Gasteiger partial charge in [0, 0.05) is 56.2 Å². The van der Waals surface area contributed by atoms with Gasteiger partial charge in [0.25, 0.3) is 0 Å². The third-order valence-electron chi connectivity index (χ3n) is 6.71. The number of hydrogen-bond acceptors (Lipinski definition) is 7. The van der Waals surface area contributed by atoms with Crippen LogP contribution in [-0.2, 0) is 28.9 Å². The number of benzene rings is 2. The van der Waals surface area contributed by atoms with Crippen LogP contribution in [0.15, 0.2) is 71.5 Å². The van der Waals surface area contributed by atoms with E-state index in [0.717, 1.165) is 33.6 Å². The molecule has 0 aliphatic carbocycles. The lowest BCUT2D eigenvalue weighted by Crippen LogP contribution is -2.34. The monoisotopic (exact) mass is 526 g/mol. The van der Waals surface area contributed by atoms with Crippen molar-refractivity contribution in [3.05, 3.63) is 95.4 Å². The van der Waals surface area contributed by atoms with E-state index in [1.54, 1.807) is 6.20 Å². The van der Waals surface area contributed by atoms with Gasteiger partial charge in [0.1, 0.15) is 12.4 Å². The van der Waals surface area contributed by atoms with Crippen molar-refractivity contribution < 1.29 is 18.8 Å². The first-order valence-electron chi connectivity index (χ1n) is 13.5. The molecule has 0 fully saturated rings. The molecule has 2 aromatic heterocycles. The number of rotatable bonds is 5. The van der Waals surface area contributed by atoms with Gasteiger partial charge in [-0.15, -0.1) is 0 Å². The summed E-state index contributed by atoms with van der Waals surface area (Å²) in [6, 6.07) is 18.7. The van der Waals surface area contributed by atoms with Crippen molar-refractivity contribution in [2.45, 2.75) is 45.6 Å². The summed E-state index contributed by atoms with van der Waals surface area (Å²) < 4.78 is 17.3. The molecule has 2 aromatic carbocycles. The molecule has 0 N–H and O–H groups in total. The largest absolute Gasteiger partial charge is 0.491 e. The minimum absolute atomic E-state index is 0.0307. The molecule has 202 valence electrons. The average Bonchev–Trinajstić information content (AvgIpc) is 3.43. The van der Waals surface area contributed by atoms with Gasteiger partial charge in [0.15, 0.2) is 5.82 Å². The van der Waals surface area contributed by atoms with Crippen LogP contribution in [0.4, 0.5) is 0 Å². The topological polar surface area (TPSA) is 90.6 Å². The van der Waals surface area contributed by atoms with E-state index in [4.69, 9.17) is 14.0 Å². The molecule has 0 saturated heterocycles. The van der Waals surface area contributed by atoms with Crippen LogP contribution in [0.25, 0.3) is 11.1 Å². The third kappa shape index (κ3) is 7.09. The van der Waals surface area contributed by atoms with Crippen molar-refractivity contribution in [2.24, 2.45) is 0 Å². The Morgan fingerprint density at radius 1 is 1.00 bits per heavy atom. The number of fused-ring (bicyclic) bond motifs is 3. The highest BCUT2D eigenvalue weighted by atomic mass is 16.5. The highest BCUT2D eigenvalue weighted by Crippen LogP contribution is 2.29. The van der Waals surface area contributed by atoms with E-state index in [2.05, 4.69) is 51.5 Å². The summed E-state index contributed by atoms with van der Waals surface area (Å²) in [6.07, 6.45) is 5.07. The molecular formula is C31H34N4O4. The molecule has 4 aromatic rings. The number of nitrogens with zero attached hydrogens (tertiary/aromatic N) is 4. The van der Waals surface area contributed by atoms with Crippen LogP contribution in [0.1, 0.15) is 54.6 Å². The number of ether oxygens (including phenoxy) is 2. The minimum atomic E-state index is 0.0307. The Morgan fingerprint density at radius 2 is 1.90 bits per heavy atom. The maximum absolute atomic E-state index is 13.2. The zero-order valence-electron chi connectivity index (χ0n) is 22.5. The van der Waals surface area contributed by atoms with Crippen LogP contribution in [0.3, 0.4) is 0 Å². The standard InChI is InChI=1S/C31H34N4O4/c1-22(2)31-33-29(39-34-31)10-11-30(36)35-13-14-37-15-16-38-28-9-8-25(26-7-4-12-32-20-26)19-27(28)18-23-5-3-6-24(17-23)21-35/h3-9,12,17,19-20,22H,10-11,13-16,18,21H2,1-2H3. The molecule has 3 heterocycles. The number of carbonyl (C=O) groups excluding carboxylic acids is 1. The van der Waals surface area contributed by atoms with Gasteiger partial charge < -0.3 is 18.9 Å². The summed E-state index contributed by atoms with van der Waals surface area (Å²) >= 11 is 0. The second-order valence-corrected chi connectivity index (χ2v) is 10.0. The van der Waals surface area contributed by atoms with E-state index in [1.165, 1.54) is 0 Å². The van der Waals surface area contributed by atoms with E-state index in [1.807, 2.05) is 43.1 Å². The van der Waals surface area contributed by atoms with Gasteiger partial charge in [0.2, 0.25) is 11.8 Å². The molecular weight excluding hydrogens is 492 g/mol. The van der Waals surface area contributed by atoms with Gasteiger partial charge in [-0.05, 0) is 40.5 Å². The number of aromatic nitrogens is 3. The molecule has 1 aliphatic rings. The zero-order valence-corrected chi connectivity index (χ0v) is 22.5. The van der Waals surface area contributed by atoms with Crippen molar-refractivity contribution >= 4 is 5.91 Å². The van der Waals surface area contributed by atoms with Crippen molar-refractivity contribution in [1.29, 1.82) is 0 Å². The summed E-state index contributed by atoms with van der Waals surface area (Å²) in [6.45, 7) is 6.33. The van der Waals surface area contributed by atoms with Crippen LogP contribution in [-0.4, -0.2) is 52.3 Å². The van der Waals surface area contributed by atoms with E-state index in [-0.39, 0.29) is 11.8 Å². The van der Waals surface area contributed by atoms with E-state index in [9.17, 15) is 4.79 Å². The fourth-order valence-electron chi connectivity index (χ4n) is 4.61. The fourth-order valence-corrected chi connectivity index (χ4v) is 4.61. The zero-order chi connectivity index (χ0) is 27.0. The van der Waals surface area contributed by atoms with Crippen LogP contribution in [0, 0.1) is 0 Å². The lowest BCUT2D eigenvalue weighted by Gasteiger charge is -2.24. The van der Waals surface area contributed by atoms with Gasteiger partial charge in [-0.3, -0.25) is 9.78 Å². The quantitative estimate of drug-likeness (QED) is 0.352. The molecule has 1 aliphatic heterocycles. The highest BCUT2D eigenvalue weighted by molar-refractivity contribution is 5.76. The summed E-state index contributed by atoms with van der Waals surface area (Å²) in [5, 5.41) is 4.00. The number of aryl methyl sites for hydroxylation is 1. The number of pyridine rings is 1. The Balaban J connectivity index is 1.34. The van der Waals surface area contributed by atoms with Crippen molar-refractivity contribution in [3.8, 4) is 16.9 Å². The van der Waals surface area contributed by atoms with E-state index >= 15 is 0 Å². The molecule has 39 heavy (non-hydrogen) atoms. The van der Waals surface area contributed by atoms with E-state index in [0.29, 0.717) is 63.9 Å². The summed E-state index contributed by atoms with van der Waals surface area (Å²) in [7, 11) is 0. The van der Waals surface area contributed by atoms with Gasteiger partial charge in [0.05, 0.1) is 13.2 Å². The van der Waals surface area contributed by atoms with E-state index < -0.39 is 0 Å². The normalized spacial score (nSPS) is 14.4. The van der Waals surface area contributed by atoms with Crippen molar-refractivity contribution in [2.75, 3.05) is 26.4 Å². The first-order chi connectivity index (χ1) is 19.0. The second-order valence-electron chi connectivity index (χ2n) is 10.0. The predicted octanol–water partition coefficient (Wildman–Crippen LogP) is 5.22. The molecule has 5 rings (SSSR count). The first-order valence-corrected chi connectivity index (χ1v) is 13.5. The SMILES string of the molecule is CC(C)c1noc(CCC(=O)N2CCOCCOc3ccc(-c4cccnc4)cc3Cc3cccc(c3)C2)n1. The summed E-state index contributed by atoms with van der Waals surface area (Å²) in [5.74, 6) is 2.23. The Labute approximate surface area is 229 Å². The minimum Gasteiger partial charge on any atom is -0.491 e. The van der Waals surface area contributed by atoms with Gasteiger partial charge in [-0.25, -0.2) is 0 Å². The molecule has 8 heteroatoms. The number of carbonyl (C=O) groups is 1. The lowest BCUT2D eigenvalue weighted by atomic mass is 9.98. The van der Waals surface area contributed by atoms with Crippen molar-refractivity contribution in [1.82, 2.24) is 20.0 Å². The number of amides is 1. The van der Waals surface area contributed by atoms with Gasteiger partial charge in [-0.1, -0.05) is 55.4 Å². The highest BCUT2D eigenvalue weighted by Gasteiger charge is 2.18. The Hall–Kier alpha value is -4.04. The Kier molecular flexibility index (Phi) is 8.63. The Bertz CT molecular complexity index is 1390. The molecule has 2 bridgehead atoms. The maximum Gasteiger partial charge on any atom is 0.227 e. The molecule has 0 spiro atoms. The van der Waals surface area contributed by atoms with Crippen LogP contribution in [0.5, 0.6) is 5.75 Å². The van der Waals surface area contributed by atoms with Gasteiger partial charge >= 0.3 is 0 Å². The average molecular weight is 527 g/mol. The van der Waals surface area contributed by atoms with Crippen LogP contribution >= 0.6 is 0 Å². The smallest absolute Gasteiger partial charge is 0.227 e. The third-order valence-corrected chi connectivity index (χ3v) is 6.71. The van der Waals surface area contributed by atoms with Gasteiger partial charge in [-0.2, -0.15) is 4.98 Å². The maximum atomic E-state index is 13.2. The summed E-state index contributed by atoms with van der Waals surface area (Å²) in [5.41, 5.74) is 5.49. The lowest BCUT2D eigenvalue weighted by molar-refractivity contribution is -0.132. The molecule has 0 saturated carbocycles. The molecule has 0 unspecified atom stereocenters. The summed E-state index contributed by atoms with van der Waals surface area (Å²) in [4.78, 5) is 23.7. The van der Waals surface area contributed by atoms with Crippen molar-refractivity contribution in [3.63, 3.8) is 0 Å². The Morgan fingerprint density at radius 3 is 2.72 bits per heavy atom. The fraction of sp³-hybridized carbons (Fsp3) is 0.355. The predicted molar refractivity (Wildman–Crippen MR) is 147 cm³/mol. The second kappa shape index (κ2) is 12.7. The number of hydrogen-bond donors (Lipinski definition) is 0. The molecule has 0 atom stereocenters. The molecule has 8 nitrogen and oxygen atoms in total. The molecule has 1 amide bonds.